The van der Waals surface area contributed by atoms with Crippen molar-refractivity contribution in [3.8, 4) is 0 Å². The molecule has 0 aromatic rings. The Bertz CT molecular complexity index is 113. The zero-order valence-corrected chi connectivity index (χ0v) is 7.91. The summed E-state index contributed by atoms with van der Waals surface area (Å²) in [4.78, 5) is 0. The second-order valence-corrected chi connectivity index (χ2v) is 3.84. The lowest BCUT2D eigenvalue weighted by atomic mass is 10.2. The lowest BCUT2D eigenvalue weighted by Gasteiger charge is -2.36. The molecule has 3 heteroatoms. The topological polar surface area (TPSA) is 40.5 Å². The minimum atomic E-state index is -0.306. The average Bonchev–Trinajstić information content (AvgIpc) is 1.83. The van der Waals surface area contributed by atoms with E-state index in [0.717, 1.165) is 0 Å². The molecule has 0 amide bonds. The largest absolute Gasteiger partial charge is 0.390 e. The van der Waals surface area contributed by atoms with Gasteiger partial charge in [-0.25, -0.2) is 0 Å². The van der Waals surface area contributed by atoms with Crippen molar-refractivity contribution in [2.45, 2.75) is 26.0 Å². The Morgan fingerprint density at radius 2 is 1.73 bits per heavy atom. The lowest BCUT2D eigenvalue weighted by Crippen LogP contribution is -2.52. The van der Waals surface area contributed by atoms with Gasteiger partial charge in [0.25, 0.3) is 0 Å². The van der Waals surface area contributed by atoms with Gasteiger partial charge in [-0.15, -0.1) is 0 Å². The molecule has 0 fully saturated rings. The minimum absolute atomic E-state index is 0.166. The van der Waals surface area contributed by atoms with Gasteiger partial charge < -0.3 is 14.7 Å². The standard InChI is InChI=1S/C8H20NO2/c1-7(6-10)9(3,4)5-8(2)11/h7-8,10-11H,5-6H2,1-4H3/q+1. The van der Waals surface area contributed by atoms with Crippen molar-refractivity contribution in [3.05, 3.63) is 0 Å². The Morgan fingerprint density at radius 1 is 1.27 bits per heavy atom. The number of hydrogen-bond acceptors (Lipinski definition) is 2. The van der Waals surface area contributed by atoms with E-state index in [4.69, 9.17) is 10.2 Å². The van der Waals surface area contributed by atoms with Gasteiger partial charge in [-0.1, -0.05) is 0 Å². The van der Waals surface area contributed by atoms with E-state index in [2.05, 4.69) is 0 Å². The first-order valence-corrected chi connectivity index (χ1v) is 4.01. The van der Waals surface area contributed by atoms with E-state index >= 15 is 0 Å². The third kappa shape index (κ3) is 3.70. The normalized spacial score (nSPS) is 18.0. The van der Waals surface area contributed by atoms with Crippen LogP contribution in [0.25, 0.3) is 0 Å². The molecule has 0 spiro atoms. The maximum absolute atomic E-state index is 9.14. The predicted octanol–water partition coefficient (Wildman–Crippen LogP) is -0.176. The number of likely N-dealkylation sites (N-methyl/N-ethyl adjacent to an activating group) is 1. The molecule has 68 valence electrons. The average molecular weight is 162 g/mol. The van der Waals surface area contributed by atoms with E-state index in [-0.39, 0.29) is 18.8 Å². The maximum Gasteiger partial charge on any atom is 0.109 e. The van der Waals surface area contributed by atoms with E-state index in [0.29, 0.717) is 11.0 Å². The van der Waals surface area contributed by atoms with E-state index in [1.807, 2.05) is 21.0 Å². The first-order valence-electron chi connectivity index (χ1n) is 4.01. The Kier molecular flexibility index (Phi) is 4.00. The molecule has 0 aromatic carbocycles. The number of quaternary nitrogens is 1. The van der Waals surface area contributed by atoms with Crippen molar-refractivity contribution in [2.24, 2.45) is 0 Å². The highest BCUT2D eigenvalue weighted by Crippen LogP contribution is 2.06. The minimum Gasteiger partial charge on any atom is -0.390 e. The summed E-state index contributed by atoms with van der Waals surface area (Å²) in [6.07, 6.45) is -0.306. The fraction of sp³-hybridized carbons (Fsp3) is 1.00. The molecule has 0 aliphatic carbocycles. The van der Waals surface area contributed by atoms with Crippen LogP contribution in [0.4, 0.5) is 0 Å². The van der Waals surface area contributed by atoms with Gasteiger partial charge >= 0.3 is 0 Å². The molecule has 0 aliphatic heterocycles. The van der Waals surface area contributed by atoms with Crippen molar-refractivity contribution in [2.75, 3.05) is 27.2 Å². The third-order valence-corrected chi connectivity index (χ3v) is 2.19. The molecule has 0 aromatic heterocycles. The Morgan fingerprint density at radius 3 is 2.00 bits per heavy atom. The van der Waals surface area contributed by atoms with Crippen LogP contribution in [-0.2, 0) is 0 Å². The van der Waals surface area contributed by atoms with Crippen LogP contribution in [0.5, 0.6) is 0 Å². The van der Waals surface area contributed by atoms with Gasteiger partial charge in [0, 0.05) is 0 Å². The van der Waals surface area contributed by atoms with Gasteiger partial charge in [-0.05, 0) is 13.8 Å². The first-order chi connectivity index (χ1) is 4.90. The highest BCUT2D eigenvalue weighted by molar-refractivity contribution is 4.50. The summed E-state index contributed by atoms with van der Waals surface area (Å²) in [5.74, 6) is 0. The van der Waals surface area contributed by atoms with Crippen LogP contribution in [0.3, 0.4) is 0 Å². The molecule has 0 aliphatic rings. The molecule has 0 saturated heterocycles. The summed E-state index contributed by atoms with van der Waals surface area (Å²) in [5.41, 5.74) is 0. The highest BCUT2D eigenvalue weighted by atomic mass is 16.3. The number of aliphatic hydroxyl groups is 2. The number of nitrogens with zero attached hydrogens (tertiary/aromatic N) is 1. The van der Waals surface area contributed by atoms with Crippen LogP contribution in [0, 0.1) is 0 Å². The third-order valence-electron chi connectivity index (χ3n) is 2.19. The van der Waals surface area contributed by atoms with Gasteiger partial charge in [0.05, 0.1) is 20.7 Å². The van der Waals surface area contributed by atoms with Crippen LogP contribution in [0.15, 0.2) is 0 Å². The number of aliphatic hydroxyl groups excluding tert-OH is 2. The quantitative estimate of drug-likeness (QED) is 0.563. The van der Waals surface area contributed by atoms with Crippen LogP contribution < -0.4 is 0 Å². The van der Waals surface area contributed by atoms with Gasteiger partial charge in [-0.2, -0.15) is 0 Å². The second kappa shape index (κ2) is 4.04. The monoisotopic (exact) mass is 162 g/mol. The molecule has 11 heavy (non-hydrogen) atoms. The predicted molar refractivity (Wildman–Crippen MR) is 45.2 cm³/mol. The first kappa shape index (κ1) is 10.9. The van der Waals surface area contributed by atoms with E-state index in [1.165, 1.54) is 0 Å². The van der Waals surface area contributed by atoms with Crippen molar-refractivity contribution in [1.29, 1.82) is 0 Å². The zero-order chi connectivity index (χ0) is 9.07. The molecule has 2 atom stereocenters. The van der Waals surface area contributed by atoms with Crippen molar-refractivity contribution in [3.63, 3.8) is 0 Å². The van der Waals surface area contributed by atoms with Gasteiger partial charge in [0.15, 0.2) is 0 Å². The second-order valence-electron chi connectivity index (χ2n) is 3.84. The van der Waals surface area contributed by atoms with E-state index in [1.54, 1.807) is 6.92 Å². The zero-order valence-electron chi connectivity index (χ0n) is 7.91. The molecule has 0 bridgehead atoms. The molecule has 0 rings (SSSR count). The summed E-state index contributed by atoms with van der Waals surface area (Å²) in [6, 6.07) is 0.185. The van der Waals surface area contributed by atoms with Crippen LogP contribution in [0.2, 0.25) is 0 Å². The summed E-state index contributed by atoms with van der Waals surface area (Å²) >= 11 is 0. The van der Waals surface area contributed by atoms with Gasteiger partial charge in [-0.3, -0.25) is 0 Å². The Hall–Kier alpha value is -0.120. The maximum atomic E-state index is 9.14. The van der Waals surface area contributed by atoms with E-state index in [9.17, 15) is 0 Å². The molecule has 0 heterocycles. The van der Waals surface area contributed by atoms with Crippen LogP contribution >= 0.6 is 0 Å². The number of rotatable bonds is 4. The number of hydrogen-bond donors (Lipinski definition) is 2. The van der Waals surface area contributed by atoms with Crippen molar-refractivity contribution in [1.82, 2.24) is 0 Å². The molecular formula is C8H20NO2+. The molecule has 0 radical (unpaired) electrons. The van der Waals surface area contributed by atoms with E-state index < -0.39 is 0 Å². The lowest BCUT2D eigenvalue weighted by molar-refractivity contribution is -0.916. The van der Waals surface area contributed by atoms with Crippen molar-refractivity contribution < 1.29 is 14.7 Å². The Balaban J connectivity index is 3.98. The molecule has 2 N–H and O–H groups in total. The fourth-order valence-electron chi connectivity index (χ4n) is 1.08. The van der Waals surface area contributed by atoms with Crippen LogP contribution in [0.1, 0.15) is 13.8 Å². The summed E-state index contributed by atoms with van der Waals surface area (Å²) in [6.45, 7) is 4.59. The summed E-state index contributed by atoms with van der Waals surface area (Å²) in [5, 5.41) is 18.0. The van der Waals surface area contributed by atoms with Gasteiger partial charge in [0.1, 0.15) is 18.7 Å². The molecule has 3 nitrogen and oxygen atoms in total. The van der Waals surface area contributed by atoms with Gasteiger partial charge in [0.2, 0.25) is 0 Å². The Labute approximate surface area is 68.9 Å². The fourth-order valence-corrected chi connectivity index (χ4v) is 1.08. The summed E-state index contributed by atoms with van der Waals surface area (Å²) in [7, 11) is 4.02. The summed E-state index contributed by atoms with van der Waals surface area (Å²) < 4.78 is 0.661. The molecular weight excluding hydrogens is 142 g/mol. The molecule has 0 saturated carbocycles. The van der Waals surface area contributed by atoms with Crippen molar-refractivity contribution >= 4 is 0 Å². The highest BCUT2D eigenvalue weighted by Gasteiger charge is 2.24. The SMILES string of the molecule is CC(O)C[N+](C)(C)C(C)CO. The molecule has 2 unspecified atom stereocenters. The smallest absolute Gasteiger partial charge is 0.109 e. The van der Waals surface area contributed by atoms with Crippen LogP contribution in [-0.4, -0.2) is 54.1 Å².